The van der Waals surface area contributed by atoms with Crippen LogP contribution in [0.3, 0.4) is 0 Å². The van der Waals surface area contributed by atoms with Crippen LogP contribution in [0.5, 0.6) is 0 Å². The Hall–Kier alpha value is -3.41. The molecule has 1 aromatic heterocycles. The molecule has 0 spiro atoms. The lowest BCUT2D eigenvalue weighted by molar-refractivity contribution is -0.130. The summed E-state index contributed by atoms with van der Waals surface area (Å²) < 4.78 is 19.4. The topological polar surface area (TPSA) is 53.8 Å². The first-order valence-electron chi connectivity index (χ1n) is 9.56. The van der Waals surface area contributed by atoms with Crippen LogP contribution in [0.2, 0.25) is 0 Å². The van der Waals surface area contributed by atoms with Crippen LogP contribution in [0.4, 0.5) is 4.39 Å². The second-order valence-electron chi connectivity index (χ2n) is 7.01. The van der Waals surface area contributed by atoms with Crippen molar-refractivity contribution in [3.05, 3.63) is 83.9 Å². The van der Waals surface area contributed by atoms with E-state index >= 15 is 0 Å². The maximum absolute atomic E-state index is 13.9. The molecule has 3 aromatic rings. The number of rotatable bonds is 4. The summed E-state index contributed by atoms with van der Waals surface area (Å²) in [6, 6.07) is 17.3. The SMILES string of the molecule is O=C1CCN(C(=O)c2cccc(-c3ccco3)c2)CCN1Cc1ccccc1F. The Bertz CT molecular complexity index is 1020. The van der Waals surface area contributed by atoms with Gasteiger partial charge < -0.3 is 14.2 Å². The van der Waals surface area contributed by atoms with Crippen LogP contribution >= 0.6 is 0 Å². The molecular formula is C23H21FN2O3. The van der Waals surface area contributed by atoms with Gasteiger partial charge in [-0.15, -0.1) is 0 Å². The van der Waals surface area contributed by atoms with Gasteiger partial charge in [-0.25, -0.2) is 4.39 Å². The third-order valence-electron chi connectivity index (χ3n) is 5.11. The minimum Gasteiger partial charge on any atom is -0.464 e. The quantitative estimate of drug-likeness (QED) is 0.675. The van der Waals surface area contributed by atoms with E-state index < -0.39 is 0 Å². The maximum Gasteiger partial charge on any atom is 0.253 e. The van der Waals surface area contributed by atoms with Crippen LogP contribution < -0.4 is 0 Å². The molecule has 148 valence electrons. The Morgan fingerprint density at radius 3 is 2.66 bits per heavy atom. The summed E-state index contributed by atoms with van der Waals surface area (Å²) in [6.07, 6.45) is 1.81. The lowest BCUT2D eigenvalue weighted by Crippen LogP contribution is -2.35. The highest BCUT2D eigenvalue weighted by molar-refractivity contribution is 5.95. The summed E-state index contributed by atoms with van der Waals surface area (Å²) in [5.41, 5.74) is 1.86. The van der Waals surface area contributed by atoms with Crippen molar-refractivity contribution in [2.24, 2.45) is 0 Å². The molecular weight excluding hydrogens is 371 g/mol. The molecule has 1 saturated heterocycles. The fraction of sp³-hybridized carbons (Fsp3) is 0.217. The summed E-state index contributed by atoms with van der Waals surface area (Å²) in [7, 11) is 0. The first-order chi connectivity index (χ1) is 14.1. The lowest BCUT2D eigenvalue weighted by atomic mass is 10.1. The van der Waals surface area contributed by atoms with Gasteiger partial charge in [-0.3, -0.25) is 9.59 Å². The molecule has 2 heterocycles. The van der Waals surface area contributed by atoms with Crippen molar-refractivity contribution in [1.29, 1.82) is 0 Å². The molecule has 0 bridgehead atoms. The number of hydrogen-bond donors (Lipinski definition) is 0. The second-order valence-corrected chi connectivity index (χ2v) is 7.01. The lowest BCUT2D eigenvalue weighted by Gasteiger charge is -2.22. The molecule has 1 aliphatic rings. The van der Waals surface area contributed by atoms with Crippen molar-refractivity contribution in [1.82, 2.24) is 9.80 Å². The number of furan rings is 1. The molecule has 0 unspecified atom stereocenters. The van der Waals surface area contributed by atoms with Gasteiger partial charge >= 0.3 is 0 Å². The zero-order chi connectivity index (χ0) is 20.2. The average Bonchev–Trinajstić information content (AvgIpc) is 3.22. The minimum atomic E-state index is -0.327. The fourth-order valence-corrected chi connectivity index (χ4v) is 3.50. The van der Waals surface area contributed by atoms with Gasteiger partial charge in [0.1, 0.15) is 11.6 Å². The highest BCUT2D eigenvalue weighted by Crippen LogP contribution is 2.22. The Morgan fingerprint density at radius 2 is 1.86 bits per heavy atom. The van der Waals surface area contributed by atoms with Gasteiger partial charge in [0.25, 0.3) is 5.91 Å². The number of carbonyl (C=O) groups is 2. The first kappa shape index (κ1) is 18.9. The molecule has 5 nitrogen and oxygen atoms in total. The number of nitrogens with zero attached hydrogens (tertiary/aromatic N) is 2. The van der Waals surface area contributed by atoms with Crippen LogP contribution in [-0.2, 0) is 11.3 Å². The molecule has 1 aliphatic heterocycles. The summed E-state index contributed by atoms with van der Waals surface area (Å²) in [4.78, 5) is 28.8. The normalized spacial score (nSPS) is 14.7. The van der Waals surface area contributed by atoms with Crippen molar-refractivity contribution in [3.63, 3.8) is 0 Å². The Labute approximate surface area is 168 Å². The summed E-state index contributed by atoms with van der Waals surface area (Å²) in [5, 5.41) is 0. The van der Waals surface area contributed by atoms with E-state index in [1.807, 2.05) is 18.2 Å². The number of amides is 2. The molecule has 0 atom stereocenters. The van der Waals surface area contributed by atoms with Crippen LogP contribution in [-0.4, -0.2) is 41.2 Å². The molecule has 2 aromatic carbocycles. The predicted octanol–water partition coefficient (Wildman–Crippen LogP) is 3.96. The van der Waals surface area contributed by atoms with Crippen molar-refractivity contribution in [2.75, 3.05) is 19.6 Å². The van der Waals surface area contributed by atoms with Gasteiger partial charge in [-0.2, -0.15) is 0 Å². The smallest absolute Gasteiger partial charge is 0.253 e. The highest BCUT2D eigenvalue weighted by atomic mass is 19.1. The Balaban J connectivity index is 1.47. The van der Waals surface area contributed by atoms with Gasteiger partial charge in [0.2, 0.25) is 5.91 Å². The minimum absolute atomic E-state index is 0.0760. The molecule has 6 heteroatoms. The zero-order valence-corrected chi connectivity index (χ0v) is 15.9. The molecule has 4 rings (SSSR count). The van der Waals surface area contributed by atoms with E-state index in [4.69, 9.17) is 4.42 Å². The average molecular weight is 392 g/mol. The monoisotopic (exact) mass is 392 g/mol. The van der Waals surface area contributed by atoms with E-state index in [0.29, 0.717) is 36.5 Å². The van der Waals surface area contributed by atoms with E-state index in [9.17, 15) is 14.0 Å². The van der Waals surface area contributed by atoms with Crippen LogP contribution in [0.1, 0.15) is 22.3 Å². The fourth-order valence-electron chi connectivity index (χ4n) is 3.50. The van der Waals surface area contributed by atoms with Crippen molar-refractivity contribution < 1.29 is 18.4 Å². The molecule has 0 saturated carbocycles. The van der Waals surface area contributed by atoms with E-state index in [1.54, 1.807) is 52.5 Å². The van der Waals surface area contributed by atoms with Crippen molar-refractivity contribution in [3.8, 4) is 11.3 Å². The standard InChI is InChI=1S/C23H21FN2O3/c24-20-8-2-1-5-19(20)16-26-13-12-25(11-10-22(26)27)23(28)18-7-3-6-17(15-18)21-9-4-14-29-21/h1-9,14-15H,10-13,16H2. The van der Waals surface area contributed by atoms with Gasteiger partial charge in [-0.05, 0) is 30.3 Å². The number of hydrogen-bond acceptors (Lipinski definition) is 3. The molecule has 29 heavy (non-hydrogen) atoms. The van der Waals surface area contributed by atoms with Crippen molar-refractivity contribution >= 4 is 11.8 Å². The third-order valence-corrected chi connectivity index (χ3v) is 5.11. The number of benzene rings is 2. The Morgan fingerprint density at radius 1 is 1.00 bits per heavy atom. The van der Waals surface area contributed by atoms with E-state index in [0.717, 1.165) is 5.56 Å². The molecule has 1 fully saturated rings. The second kappa shape index (κ2) is 8.31. The predicted molar refractivity (Wildman–Crippen MR) is 106 cm³/mol. The molecule has 0 aliphatic carbocycles. The van der Waals surface area contributed by atoms with Gasteiger partial charge in [0, 0.05) is 49.3 Å². The van der Waals surface area contributed by atoms with E-state index in [2.05, 4.69) is 0 Å². The van der Waals surface area contributed by atoms with Crippen LogP contribution in [0.25, 0.3) is 11.3 Å². The Kier molecular flexibility index (Phi) is 5.42. The highest BCUT2D eigenvalue weighted by Gasteiger charge is 2.25. The first-order valence-corrected chi connectivity index (χ1v) is 9.56. The van der Waals surface area contributed by atoms with E-state index in [-0.39, 0.29) is 30.6 Å². The van der Waals surface area contributed by atoms with Gasteiger partial charge in [-0.1, -0.05) is 30.3 Å². The summed E-state index contributed by atoms with van der Waals surface area (Å²) in [6.45, 7) is 1.33. The molecule has 2 amide bonds. The number of halogens is 1. The van der Waals surface area contributed by atoms with Crippen LogP contribution in [0, 0.1) is 5.82 Å². The third kappa shape index (κ3) is 4.21. The maximum atomic E-state index is 13.9. The molecule has 0 N–H and O–H groups in total. The number of carbonyl (C=O) groups excluding carboxylic acids is 2. The summed E-state index contributed by atoms with van der Waals surface area (Å²) >= 11 is 0. The molecule has 0 radical (unpaired) electrons. The van der Waals surface area contributed by atoms with E-state index in [1.165, 1.54) is 6.07 Å². The van der Waals surface area contributed by atoms with Crippen LogP contribution in [0.15, 0.2) is 71.3 Å². The largest absolute Gasteiger partial charge is 0.464 e. The van der Waals surface area contributed by atoms with Crippen molar-refractivity contribution in [2.45, 2.75) is 13.0 Å². The summed E-state index contributed by atoms with van der Waals surface area (Å²) in [5.74, 6) is 0.167. The van der Waals surface area contributed by atoms with Gasteiger partial charge in [0.05, 0.1) is 6.26 Å². The van der Waals surface area contributed by atoms with Gasteiger partial charge in [0.15, 0.2) is 0 Å². The zero-order valence-electron chi connectivity index (χ0n) is 15.9.